The van der Waals surface area contributed by atoms with Gasteiger partial charge in [-0.2, -0.15) is 0 Å². The summed E-state index contributed by atoms with van der Waals surface area (Å²) in [4.78, 5) is 33.0. The molecule has 184 valence electrons. The van der Waals surface area contributed by atoms with Crippen LogP contribution in [0.5, 0.6) is 0 Å². The topological polar surface area (TPSA) is 65.2 Å². The van der Waals surface area contributed by atoms with Crippen molar-refractivity contribution in [2.24, 2.45) is 5.92 Å². The van der Waals surface area contributed by atoms with Crippen LogP contribution in [0.15, 0.2) is 78.9 Å². The summed E-state index contributed by atoms with van der Waals surface area (Å²) in [6.45, 7) is 6.83. The van der Waals surface area contributed by atoms with E-state index >= 15 is 0 Å². The van der Waals surface area contributed by atoms with Crippen LogP contribution < -0.4 is 5.32 Å². The molecule has 0 spiro atoms. The molecule has 0 radical (unpaired) electrons. The van der Waals surface area contributed by atoms with Crippen LogP contribution in [0.2, 0.25) is 0 Å². The van der Waals surface area contributed by atoms with Gasteiger partial charge in [0, 0.05) is 28.6 Å². The lowest BCUT2D eigenvalue weighted by Crippen LogP contribution is -2.49. The second-order valence-electron chi connectivity index (χ2n) is 9.96. The number of fused-ring (bicyclic) bond motifs is 2. The molecule has 2 atom stereocenters. The highest BCUT2D eigenvalue weighted by atomic mass is 16.2. The number of hydrogen-bond donors (Lipinski definition) is 2. The zero-order chi connectivity index (χ0) is 25.2. The number of nitrogens with one attached hydrogen (secondary N) is 2. The van der Waals surface area contributed by atoms with E-state index in [2.05, 4.69) is 48.4 Å². The molecule has 0 aliphatic carbocycles. The predicted octanol–water partition coefficient (Wildman–Crippen LogP) is 6.32. The van der Waals surface area contributed by atoms with Gasteiger partial charge in [-0.1, -0.05) is 87.5 Å². The second-order valence-corrected chi connectivity index (χ2v) is 9.96. The number of nitrogens with zero attached hydrogens (tertiary/aromatic N) is 1. The maximum atomic E-state index is 14.0. The Morgan fingerprint density at radius 2 is 1.67 bits per heavy atom. The highest BCUT2D eigenvalue weighted by molar-refractivity contribution is 6.04. The lowest BCUT2D eigenvalue weighted by Gasteiger charge is -2.34. The fourth-order valence-corrected chi connectivity index (χ4v) is 5.39. The number of carbonyl (C=O) groups is 2. The maximum absolute atomic E-state index is 14.0. The van der Waals surface area contributed by atoms with Crippen LogP contribution in [0.25, 0.3) is 22.2 Å². The third-order valence-corrected chi connectivity index (χ3v) is 6.96. The van der Waals surface area contributed by atoms with Crippen LogP contribution in [0.4, 0.5) is 0 Å². The van der Waals surface area contributed by atoms with E-state index in [-0.39, 0.29) is 23.8 Å². The van der Waals surface area contributed by atoms with Gasteiger partial charge >= 0.3 is 0 Å². The van der Waals surface area contributed by atoms with E-state index in [1.807, 2.05) is 66.4 Å². The minimum Gasteiger partial charge on any atom is -0.354 e. The third kappa shape index (κ3) is 4.19. The average molecular weight is 480 g/mol. The van der Waals surface area contributed by atoms with Crippen molar-refractivity contribution in [2.45, 2.75) is 45.7 Å². The number of amides is 2. The van der Waals surface area contributed by atoms with E-state index < -0.39 is 6.04 Å². The Balaban J connectivity index is 1.75. The molecular formula is C31H33N3O2. The summed E-state index contributed by atoms with van der Waals surface area (Å²) in [5.41, 5.74) is 5.70. The summed E-state index contributed by atoms with van der Waals surface area (Å²) in [7, 11) is 0. The van der Waals surface area contributed by atoms with Gasteiger partial charge in [0.25, 0.3) is 5.91 Å². The molecular weight excluding hydrogens is 446 g/mol. The van der Waals surface area contributed by atoms with E-state index in [1.54, 1.807) is 0 Å². The highest BCUT2D eigenvalue weighted by Crippen LogP contribution is 2.46. The lowest BCUT2D eigenvalue weighted by atomic mass is 9.91. The van der Waals surface area contributed by atoms with Crippen LogP contribution in [-0.2, 0) is 4.79 Å². The minimum atomic E-state index is -0.571. The van der Waals surface area contributed by atoms with Gasteiger partial charge in [0.1, 0.15) is 6.04 Å². The van der Waals surface area contributed by atoms with Crippen molar-refractivity contribution in [2.75, 3.05) is 6.54 Å². The van der Waals surface area contributed by atoms with Crippen LogP contribution in [-0.4, -0.2) is 34.3 Å². The number of benzene rings is 3. The van der Waals surface area contributed by atoms with Crippen molar-refractivity contribution in [3.63, 3.8) is 0 Å². The summed E-state index contributed by atoms with van der Waals surface area (Å²) in [6, 6.07) is 25.3. The van der Waals surface area contributed by atoms with Crippen molar-refractivity contribution in [3.05, 3.63) is 95.6 Å². The van der Waals surface area contributed by atoms with Crippen LogP contribution in [0.1, 0.15) is 61.1 Å². The van der Waals surface area contributed by atoms with Crippen LogP contribution >= 0.6 is 0 Å². The summed E-state index contributed by atoms with van der Waals surface area (Å²) in [5, 5.41) is 4.13. The number of carbonyl (C=O) groups excluding carboxylic acids is 2. The largest absolute Gasteiger partial charge is 0.354 e. The minimum absolute atomic E-state index is 0.0854. The lowest BCUT2D eigenvalue weighted by molar-refractivity contribution is -0.126. The molecule has 4 aromatic rings. The molecule has 2 unspecified atom stereocenters. The van der Waals surface area contributed by atoms with Gasteiger partial charge < -0.3 is 15.2 Å². The Morgan fingerprint density at radius 3 is 2.42 bits per heavy atom. The van der Waals surface area contributed by atoms with Gasteiger partial charge in [0.2, 0.25) is 5.91 Å². The summed E-state index contributed by atoms with van der Waals surface area (Å²) >= 11 is 0. The van der Waals surface area contributed by atoms with Crippen molar-refractivity contribution in [3.8, 4) is 11.3 Å². The van der Waals surface area contributed by atoms with Crippen LogP contribution in [0, 0.1) is 5.92 Å². The van der Waals surface area contributed by atoms with Gasteiger partial charge in [-0.3, -0.25) is 9.59 Å². The Morgan fingerprint density at radius 1 is 0.972 bits per heavy atom. The number of aromatic nitrogens is 1. The first-order valence-corrected chi connectivity index (χ1v) is 12.9. The van der Waals surface area contributed by atoms with Crippen LogP contribution in [0.3, 0.4) is 0 Å². The second kappa shape index (κ2) is 10.0. The van der Waals surface area contributed by atoms with Gasteiger partial charge in [-0.15, -0.1) is 0 Å². The zero-order valence-electron chi connectivity index (χ0n) is 21.1. The Hall–Kier alpha value is -3.86. The van der Waals surface area contributed by atoms with E-state index in [1.165, 1.54) is 0 Å². The molecule has 5 rings (SSSR count). The standard InChI is InChI=1S/C31H33N3O2/c1-4-18-32-30(35)26(19-20(2)3)34-29(22-14-8-9-15-23(22)31(34)36)27-24-16-10-11-17-25(24)33-28(27)21-12-6-5-7-13-21/h5-17,20,26,29,33H,4,18-19H2,1-3H3,(H,32,35). The first-order chi connectivity index (χ1) is 17.5. The molecule has 0 saturated heterocycles. The highest BCUT2D eigenvalue weighted by Gasteiger charge is 2.45. The molecule has 0 fully saturated rings. The quantitative estimate of drug-likeness (QED) is 0.311. The molecule has 36 heavy (non-hydrogen) atoms. The molecule has 1 aliphatic heterocycles. The molecule has 1 aliphatic rings. The van der Waals surface area contributed by atoms with Crippen molar-refractivity contribution in [1.82, 2.24) is 15.2 Å². The maximum Gasteiger partial charge on any atom is 0.255 e. The Kier molecular flexibility index (Phi) is 6.64. The molecule has 0 bridgehead atoms. The van der Waals surface area contributed by atoms with E-state index in [0.29, 0.717) is 18.5 Å². The van der Waals surface area contributed by atoms with Crippen molar-refractivity contribution in [1.29, 1.82) is 0 Å². The fraction of sp³-hybridized carbons (Fsp3) is 0.290. The Labute approximate surface area is 212 Å². The average Bonchev–Trinajstić information content (AvgIpc) is 3.41. The summed E-state index contributed by atoms with van der Waals surface area (Å²) < 4.78 is 0. The van der Waals surface area contributed by atoms with E-state index in [4.69, 9.17) is 0 Å². The molecule has 2 amide bonds. The third-order valence-electron chi connectivity index (χ3n) is 6.96. The smallest absolute Gasteiger partial charge is 0.255 e. The summed E-state index contributed by atoms with van der Waals surface area (Å²) in [6.07, 6.45) is 1.44. The predicted molar refractivity (Wildman–Crippen MR) is 145 cm³/mol. The first-order valence-electron chi connectivity index (χ1n) is 12.9. The zero-order valence-corrected chi connectivity index (χ0v) is 21.1. The number of hydrogen-bond acceptors (Lipinski definition) is 2. The molecule has 2 heterocycles. The van der Waals surface area contributed by atoms with Crippen molar-refractivity contribution >= 4 is 22.7 Å². The molecule has 2 N–H and O–H groups in total. The number of para-hydroxylation sites is 1. The molecule has 5 nitrogen and oxygen atoms in total. The number of H-pyrrole nitrogens is 1. The van der Waals surface area contributed by atoms with Gasteiger partial charge in [-0.25, -0.2) is 0 Å². The van der Waals surface area contributed by atoms with Gasteiger partial charge in [0.05, 0.1) is 11.7 Å². The van der Waals surface area contributed by atoms with Gasteiger partial charge in [0.15, 0.2) is 0 Å². The molecule has 1 aromatic heterocycles. The first kappa shape index (κ1) is 23.9. The normalized spacial score (nSPS) is 15.9. The Bertz CT molecular complexity index is 1390. The summed E-state index contributed by atoms with van der Waals surface area (Å²) in [5.74, 6) is 0.0751. The molecule has 3 aromatic carbocycles. The fourth-order valence-electron chi connectivity index (χ4n) is 5.39. The SMILES string of the molecule is CCCNC(=O)C(CC(C)C)N1C(=O)c2ccccc2C1c1c(-c2ccccc2)[nH]c2ccccc12. The van der Waals surface area contributed by atoms with Gasteiger partial charge in [-0.05, 0) is 42.0 Å². The molecule has 0 saturated carbocycles. The molecule has 5 heteroatoms. The number of aromatic amines is 1. The van der Waals surface area contributed by atoms with Crippen molar-refractivity contribution < 1.29 is 9.59 Å². The monoisotopic (exact) mass is 479 g/mol. The van der Waals surface area contributed by atoms with E-state index in [0.717, 1.165) is 39.7 Å². The van der Waals surface area contributed by atoms with E-state index in [9.17, 15) is 9.59 Å². The number of rotatable bonds is 8.